The van der Waals surface area contributed by atoms with Gasteiger partial charge in [0.05, 0.1) is 17.1 Å². The standard InChI is InChI=1S/C20H17N5O2S/c1-24-13-21-19(25(26)27)16(24)12-28-20-22-17(14-8-4-2-5-9-14)18(23-20)15-10-6-3-7-11-15/h2-11,13H,12H2,1H3,(H,22,23). The number of rotatable bonds is 6. The van der Waals surface area contributed by atoms with E-state index in [2.05, 4.69) is 9.97 Å². The number of aryl methyl sites for hydroxylation is 1. The van der Waals surface area contributed by atoms with Crippen molar-refractivity contribution in [2.24, 2.45) is 7.05 Å². The number of aromatic amines is 1. The van der Waals surface area contributed by atoms with Gasteiger partial charge in [-0.1, -0.05) is 72.4 Å². The third-order valence-corrected chi connectivity index (χ3v) is 5.23. The Hall–Kier alpha value is -3.39. The highest BCUT2D eigenvalue weighted by atomic mass is 32.2. The molecule has 0 amide bonds. The summed E-state index contributed by atoms with van der Waals surface area (Å²) < 4.78 is 1.67. The highest BCUT2D eigenvalue weighted by Gasteiger charge is 2.21. The molecule has 4 rings (SSSR count). The number of imidazole rings is 2. The summed E-state index contributed by atoms with van der Waals surface area (Å²) >= 11 is 1.42. The first kappa shape index (κ1) is 18.0. The lowest BCUT2D eigenvalue weighted by Gasteiger charge is -2.02. The minimum atomic E-state index is -0.456. The van der Waals surface area contributed by atoms with Crippen LogP contribution in [0.4, 0.5) is 5.82 Å². The summed E-state index contributed by atoms with van der Waals surface area (Å²) in [5, 5.41) is 11.9. The highest BCUT2D eigenvalue weighted by Crippen LogP contribution is 2.34. The number of hydrogen-bond acceptors (Lipinski definition) is 5. The molecular formula is C20H17N5O2S. The van der Waals surface area contributed by atoms with E-state index in [9.17, 15) is 10.1 Å². The van der Waals surface area contributed by atoms with Crippen LogP contribution in [-0.2, 0) is 12.8 Å². The summed E-state index contributed by atoms with van der Waals surface area (Å²) in [6.07, 6.45) is 1.46. The summed E-state index contributed by atoms with van der Waals surface area (Å²) in [6, 6.07) is 19.9. The van der Waals surface area contributed by atoms with Crippen LogP contribution < -0.4 is 0 Å². The van der Waals surface area contributed by atoms with Crippen LogP contribution in [0.25, 0.3) is 22.5 Å². The van der Waals surface area contributed by atoms with Crippen molar-refractivity contribution in [3.63, 3.8) is 0 Å². The van der Waals surface area contributed by atoms with Gasteiger partial charge in [-0.2, -0.15) is 0 Å². The van der Waals surface area contributed by atoms with E-state index in [0.717, 1.165) is 22.5 Å². The van der Waals surface area contributed by atoms with Gasteiger partial charge < -0.3 is 19.7 Å². The van der Waals surface area contributed by atoms with Crippen LogP contribution in [0.2, 0.25) is 0 Å². The first-order valence-corrected chi connectivity index (χ1v) is 9.60. The minimum Gasteiger partial charge on any atom is -0.358 e. The van der Waals surface area contributed by atoms with E-state index in [-0.39, 0.29) is 5.82 Å². The van der Waals surface area contributed by atoms with Crippen LogP contribution in [0.5, 0.6) is 0 Å². The minimum absolute atomic E-state index is 0.117. The fraction of sp³-hybridized carbons (Fsp3) is 0.100. The number of benzene rings is 2. The van der Waals surface area contributed by atoms with Crippen molar-refractivity contribution >= 4 is 17.6 Å². The largest absolute Gasteiger partial charge is 0.385 e. The molecule has 0 bridgehead atoms. The molecule has 8 heteroatoms. The quantitative estimate of drug-likeness (QED) is 0.293. The SMILES string of the molecule is Cn1cnc([N+](=O)[O-])c1CSc1nc(-c2ccccc2)c(-c2ccccc2)[nH]1. The van der Waals surface area contributed by atoms with Gasteiger partial charge in [0, 0.05) is 18.2 Å². The molecule has 0 unspecified atom stereocenters. The number of aromatic nitrogens is 4. The summed E-state index contributed by atoms with van der Waals surface area (Å²) in [5.41, 5.74) is 4.37. The van der Waals surface area contributed by atoms with E-state index in [1.165, 1.54) is 18.1 Å². The summed E-state index contributed by atoms with van der Waals surface area (Å²) in [4.78, 5) is 22.7. The molecule has 0 radical (unpaired) electrons. The molecule has 7 nitrogen and oxygen atoms in total. The van der Waals surface area contributed by atoms with Gasteiger partial charge in [-0.25, -0.2) is 4.98 Å². The van der Waals surface area contributed by atoms with E-state index in [0.29, 0.717) is 16.6 Å². The molecule has 140 valence electrons. The third-order valence-electron chi connectivity index (χ3n) is 4.35. The van der Waals surface area contributed by atoms with Crippen molar-refractivity contribution in [3.8, 4) is 22.5 Å². The predicted molar refractivity (Wildman–Crippen MR) is 109 cm³/mol. The summed E-state index contributed by atoms with van der Waals surface area (Å²) in [5.74, 6) is 0.274. The molecule has 0 aliphatic rings. The smallest absolute Gasteiger partial charge is 0.358 e. The van der Waals surface area contributed by atoms with E-state index < -0.39 is 4.92 Å². The lowest BCUT2D eigenvalue weighted by atomic mass is 10.1. The van der Waals surface area contributed by atoms with E-state index >= 15 is 0 Å². The van der Waals surface area contributed by atoms with Crippen molar-refractivity contribution in [3.05, 3.63) is 82.8 Å². The lowest BCUT2D eigenvalue weighted by molar-refractivity contribution is -0.390. The molecule has 28 heavy (non-hydrogen) atoms. The van der Waals surface area contributed by atoms with E-state index in [4.69, 9.17) is 4.98 Å². The van der Waals surface area contributed by atoms with Crippen molar-refractivity contribution in [2.45, 2.75) is 10.9 Å². The second-order valence-corrected chi connectivity index (χ2v) is 7.13. The van der Waals surface area contributed by atoms with Crippen molar-refractivity contribution in [2.75, 3.05) is 0 Å². The number of nitro groups is 1. The zero-order valence-electron chi connectivity index (χ0n) is 15.1. The van der Waals surface area contributed by atoms with E-state index in [1.807, 2.05) is 60.7 Å². The van der Waals surface area contributed by atoms with Crippen LogP contribution in [0.1, 0.15) is 5.69 Å². The molecule has 0 aliphatic carbocycles. The number of nitrogens with zero attached hydrogens (tertiary/aromatic N) is 4. The molecule has 0 atom stereocenters. The van der Waals surface area contributed by atoms with Crippen LogP contribution in [0, 0.1) is 10.1 Å². The van der Waals surface area contributed by atoms with Gasteiger partial charge in [0.25, 0.3) is 0 Å². The van der Waals surface area contributed by atoms with Gasteiger partial charge in [0.1, 0.15) is 5.69 Å². The van der Waals surface area contributed by atoms with Crippen LogP contribution in [0.15, 0.2) is 72.1 Å². The van der Waals surface area contributed by atoms with Gasteiger partial charge >= 0.3 is 5.82 Å². The van der Waals surface area contributed by atoms with Gasteiger partial charge in [-0.05, 0) is 9.91 Å². The van der Waals surface area contributed by atoms with Crippen LogP contribution in [0.3, 0.4) is 0 Å². The summed E-state index contributed by atoms with van der Waals surface area (Å²) in [6.45, 7) is 0. The zero-order chi connectivity index (χ0) is 19.5. The molecule has 0 fully saturated rings. The Labute approximate surface area is 165 Å². The first-order valence-electron chi connectivity index (χ1n) is 8.61. The average Bonchev–Trinajstić information content (AvgIpc) is 3.31. The number of H-pyrrole nitrogens is 1. The van der Waals surface area contributed by atoms with Gasteiger partial charge in [0.15, 0.2) is 5.16 Å². The van der Waals surface area contributed by atoms with Crippen LogP contribution >= 0.6 is 11.8 Å². The molecule has 1 N–H and O–H groups in total. The highest BCUT2D eigenvalue weighted by molar-refractivity contribution is 7.98. The fourth-order valence-corrected chi connectivity index (χ4v) is 3.87. The Morgan fingerprint density at radius 2 is 1.71 bits per heavy atom. The van der Waals surface area contributed by atoms with Crippen molar-refractivity contribution in [1.29, 1.82) is 0 Å². The topological polar surface area (TPSA) is 89.6 Å². The predicted octanol–water partition coefficient (Wildman–Crippen LogP) is 4.68. The van der Waals surface area contributed by atoms with Crippen molar-refractivity contribution < 1.29 is 4.92 Å². The molecule has 2 aromatic carbocycles. The Kier molecular flexibility index (Phi) is 4.94. The number of hydrogen-bond donors (Lipinski definition) is 1. The monoisotopic (exact) mass is 391 g/mol. The molecule has 0 saturated carbocycles. The molecule has 0 saturated heterocycles. The normalized spacial score (nSPS) is 10.9. The molecule has 2 aromatic heterocycles. The molecular weight excluding hydrogens is 374 g/mol. The van der Waals surface area contributed by atoms with Gasteiger partial charge in [-0.3, -0.25) is 0 Å². The molecule has 0 aliphatic heterocycles. The number of nitrogens with one attached hydrogen (secondary N) is 1. The second-order valence-electron chi connectivity index (χ2n) is 6.17. The Balaban J connectivity index is 1.69. The zero-order valence-corrected chi connectivity index (χ0v) is 15.9. The average molecular weight is 391 g/mol. The second kappa shape index (κ2) is 7.69. The van der Waals surface area contributed by atoms with Gasteiger partial charge in [0.2, 0.25) is 6.33 Å². The maximum Gasteiger partial charge on any atom is 0.385 e. The molecule has 2 heterocycles. The Bertz CT molecular complexity index is 1050. The third kappa shape index (κ3) is 3.54. The Morgan fingerprint density at radius 3 is 2.36 bits per heavy atom. The fourth-order valence-electron chi connectivity index (χ4n) is 2.94. The maximum atomic E-state index is 11.2. The van der Waals surface area contributed by atoms with Crippen LogP contribution in [-0.4, -0.2) is 24.4 Å². The molecule has 0 spiro atoms. The number of thioether (sulfide) groups is 1. The lowest BCUT2D eigenvalue weighted by Crippen LogP contribution is -1.98. The summed E-state index contributed by atoms with van der Waals surface area (Å²) in [7, 11) is 1.75. The van der Waals surface area contributed by atoms with Gasteiger partial charge in [-0.15, -0.1) is 0 Å². The maximum absolute atomic E-state index is 11.2. The Morgan fingerprint density at radius 1 is 1.07 bits per heavy atom. The first-order chi connectivity index (χ1) is 13.6. The van der Waals surface area contributed by atoms with Crippen molar-refractivity contribution in [1.82, 2.24) is 19.5 Å². The van der Waals surface area contributed by atoms with E-state index in [1.54, 1.807) is 11.6 Å². The molecule has 4 aromatic rings.